The normalized spacial score (nSPS) is 14.0. The highest BCUT2D eigenvalue weighted by atomic mass is 35.5. The average molecular weight is 587 g/mol. The molecule has 3 rings (SSSR count). The summed E-state index contributed by atoms with van der Waals surface area (Å²) in [6.07, 6.45) is 0. The number of benzene rings is 2. The molecular formula is C26H33Cl2N3O6S. The molecule has 0 radical (unpaired) electrons. The van der Waals surface area contributed by atoms with Crippen LogP contribution in [-0.4, -0.2) is 62.2 Å². The predicted molar refractivity (Wildman–Crippen MR) is 149 cm³/mol. The van der Waals surface area contributed by atoms with E-state index in [4.69, 9.17) is 32.7 Å². The smallest absolute Gasteiger partial charge is 0.244 e. The number of nitrogens with one attached hydrogen (secondary N) is 1. The molecular weight excluding hydrogens is 553 g/mol. The van der Waals surface area contributed by atoms with E-state index in [1.54, 1.807) is 37.3 Å². The number of hydrogen-bond donors (Lipinski definition) is 1. The van der Waals surface area contributed by atoms with E-state index in [-0.39, 0.29) is 23.9 Å². The second-order valence-corrected chi connectivity index (χ2v) is 12.9. The average Bonchev–Trinajstić information content (AvgIpc) is 2.85. The van der Waals surface area contributed by atoms with Gasteiger partial charge in [0.25, 0.3) is 0 Å². The van der Waals surface area contributed by atoms with Gasteiger partial charge in [-0.1, -0.05) is 29.3 Å². The van der Waals surface area contributed by atoms with E-state index < -0.39 is 34.1 Å². The van der Waals surface area contributed by atoms with Crippen LogP contribution < -0.4 is 19.1 Å². The van der Waals surface area contributed by atoms with Gasteiger partial charge >= 0.3 is 0 Å². The maximum atomic E-state index is 13.8. The lowest BCUT2D eigenvalue weighted by Crippen LogP contribution is -2.54. The van der Waals surface area contributed by atoms with Crippen LogP contribution in [0.2, 0.25) is 10.0 Å². The highest BCUT2D eigenvalue weighted by molar-refractivity contribution is 7.92. The van der Waals surface area contributed by atoms with Crippen molar-refractivity contribution in [2.24, 2.45) is 0 Å². The largest absolute Gasteiger partial charge is 0.486 e. The molecule has 208 valence electrons. The van der Waals surface area contributed by atoms with E-state index in [2.05, 4.69) is 5.32 Å². The number of anilines is 1. The number of hydrogen-bond acceptors (Lipinski definition) is 6. The fraction of sp³-hybridized carbons (Fsp3) is 0.462. The molecule has 0 saturated carbocycles. The van der Waals surface area contributed by atoms with Crippen LogP contribution in [0.3, 0.4) is 0 Å². The Labute approximate surface area is 234 Å². The summed E-state index contributed by atoms with van der Waals surface area (Å²) < 4.78 is 38.4. The Morgan fingerprint density at radius 3 is 2.29 bits per heavy atom. The van der Waals surface area contributed by atoms with Gasteiger partial charge in [0.2, 0.25) is 21.8 Å². The van der Waals surface area contributed by atoms with Crippen molar-refractivity contribution in [2.75, 3.05) is 29.8 Å². The molecule has 1 aliphatic heterocycles. The van der Waals surface area contributed by atoms with Crippen LogP contribution in [0.25, 0.3) is 0 Å². The van der Waals surface area contributed by atoms with Gasteiger partial charge in [0.1, 0.15) is 25.8 Å². The SMILES string of the molecule is CCS(=O)(=O)N(CC(=O)N(Cc1ccc(Cl)c(Cl)c1)[C@H](C)C(=O)NC(C)(C)C)c1ccc2c(c1)OCCO2. The van der Waals surface area contributed by atoms with Gasteiger partial charge < -0.3 is 19.7 Å². The summed E-state index contributed by atoms with van der Waals surface area (Å²) in [5.74, 6) is -0.298. The first kappa shape index (κ1) is 29.9. The Hall–Kier alpha value is -2.69. The lowest BCUT2D eigenvalue weighted by atomic mass is 10.1. The fourth-order valence-electron chi connectivity index (χ4n) is 3.80. The van der Waals surface area contributed by atoms with Crippen LogP contribution >= 0.6 is 23.2 Å². The standard InChI is InChI=1S/C26H33Cl2N3O6S/c1-6-38(34,35)31(19-8-10-22-23(14-19)37-12-11-36-22)16-24(32)30(17(2)25(33)29-26(3,4)5)15-18-7-9-20(27)21(28)13-18/h7-10,13-14,17H,6,11-12,15-16H2,1-5H3,(H,29,33)/t17-/m1/s1. The van der Waals surface area contributed by atoms with Crippen LogP contribution in [0.4, 0.5) is 5.69 Å². The molecule has 0 aromatic heterocycles. The van der Waals surface area contributed by atoms with Crippen LogP contribution in [0.1, 0.15) is 40.2 Å². The van der Waals surface area contributed by atoms with E-state index in [9.17, 15) is 18.0 Å². The number of ether oxygens (including phenoxy) is 2. The number of carbonyl (C=O) groups is 2. The molecule has 38 heavy (non-hydrogen) atoms. The number of fused-ring (bicyclic) bond motifs is 1. The Kier molecular flexibility index (Phi) is 9.43. The number of sulfonamides is 1. The van der Waals surface area contributed by atoms with Gasteiger partial charge in [-0.25, -0.2) is 8.42 Å². The summed E-state index contributed by atoms with van der Waals surface area (Å²) in [5.41, 5.74) is 0.352. The molecule has 0 fully saturated rings. The van der Waals surface area contributed by atoms with E-state index in [0.717, 1.165) is 4.31 Å². The summed E-state index contributed by atoms with van der Waals surface area (Å²) in [5, 5.41) is 3.53. The maximum Gasteiger partial charge on any atom is 0.244 e. The third-order valence-electron chi connectivity index (χ3n) is 5.80. The highest BCUT2D eigenvalue weighted by Gasteiger charge is 2.32. The molecule has 1 heterocycles. The lowest BCUT2D eigenvalue weighted by molar-refractivity contribution is -0.140. The molecule has 9 nitrogen and oxygen atoms in total. The van der Waals surface area contributed by atoms with Crippen LogP contribution in [0, 0.1) is 0 Å². The fourth-order valence-corrected chi connectivity index (χ4v) is 5.17. The summed E-state index contributed by atoms with van der Waals surface area (Å²) >= 11 is 12.2. The number of carbonyl (C=O) groups excluding carboxylic acids is 2. The molecule has 12 heteroatoms. The Bertz CT molecular complexity index is 1300. The van der Waals surface area contributed by atoms with E-state index in [1.807, 2.05) is 20.8 Å². The summed E-state index contributed by atoms with van der Waals surface area (Å²) in [4.78, 5) is 28.2. The molecule has 0 bridgehead atoms. The summed E-state index contributed by atoms with van der Waals surface area (Å²) in [6, 6.07) is 8.71. The van der Waals surface area contributed by atoms with Gasteiger partial charge in [-0.2, -0.15) is 0 Å². The molecule has 2 aromatic rings. The number of amides is 2. The van der Waals surface area contributed by atoms with E-state index >= 15 is 0 Å². The monoisotopic (exact) mass is 585 g/mol. The number of halogens is 2. The van der Waals surface area contributed by atoms with Crippen molar-refractivity contribution in [1.29, 1.82) is 0 Å². The van der Waals surface area contributed by atoms with Crippen molar-refractivity contribution >= 4 is 50.7 Å². The topological polar surface area (TPSA) is 105 Å². The Balaban J connectivity index is 1.97. The molecule has 2 amide bonds. The molecule has 1 aliphatic rings. The molecule has 1 atom stereocenters. The molecule has 0 spiro atoms. The molecule has 2 aromatic carbocycles. The minimum absolute atomic E-state index is 0.00953. The summed E-state index contributed by atoms with van der Waals surface area (Å²) in [7, 11) is -3.88. The number of rotatable bonds is 9. The van der Waals surface area contributed by atoms with Crippen molar-refractivity contribution in [3.05, 3.63) is 52.0 Å². The quantitative estimate of drug-likeness (QED) is 0.471. The van der Waals surface area contributed by atoms with E-state index in [1.165, 1.54) is 17.9 Å². The number of nitrogens with zero attached hydrogens (tertiary/aromatic N) is 2. The van der Waals surface area contributed by atoms with Crippen molar-refractivity contribution in [3.63, 3.8) is 0 Å². The van der Waals surface area contributed by atoms with Gasteiger partial charge in [0.15, 0.2) is 11.5 Å². The van der Waals surface area contributed by atoms with Crippen LogP contribution in [0.15, 0.2) is 36.4 Å². The first-order valence-corrected chi connectivity index (χ1v) is 14.5. The van der Waals surface area contributed by atoms with Crippen molar-refractivity contribution in [3.8, 4) is 11.5 Å². The minimum atomic E-state index is -3.88. The first-order chi connectivity index (χ1) is 17.7. The zero-order valence-electron chi connectivity index (χ0n) is 22.1. The Morgan fingerprint density at radius 1 is 1.03 bits per heavy atom. The second-order valence-electron chi connectivity index (χ2n) is 9.92. The van der Waals surface area contributed by atoms with Gasteiger partial charge in [-0.15, -0.1) is 0 Å². The van der Waals surface area contributed by atoms with Gasteiger partial charge in [0.05, 0.1) is 21.5 Å². The zero-order valence-corrected chi connectivity index (χ0v) is 24.4. The Morgan fingerprint density at radius 2 is 1.68 bits per heavy atom. The van der Waals surface area contributed by atoms with Crippen molar-refractivity contribution in [2.45, 2.75) is 52.7 Å². The second kappa shape index (κ2) is 12.0. The van der Waals surface area contributed by atoms with Gasteiger partial charge in [-0.05, 0) is 64.4 Å². The van der Waals surface area contributed by atoms with Gasteiger partial charge in [-0.3, -0.25) is 13.9 Å². The zero-order chi connectivity index (χ0) is 28.3. The predicted octanol–water partition coefficient (Wildman–Crippen LogP) is 4.25. The van der Waals surface area contributed by atoms with Crippen molar-refractivity contribution in [1.82, 2.24) is 10.2 Å². The minimum Gasteiger partial charge on any atom is -0.486 e. The molecule has 1 N–H and O–H groups in total. The third kappa shape index (κ3) is 7.45. The molecule has 0 aliphatic carbocycles. The summed E-state index contributed by atoms with van der Waals surface area (Å²) in [6.45, 7) is 8.80. The van der Waals surface area contributed by atoms with Gasteiger partial charge in [0, 0.05) is 18.2 Å². The highest BCUT2D eigenvalue weighted by Crippen LogP contribution is 2.35. The van der Waals surface area contributed by atoms with E-state index in [0.29, 0.717) is 40.3 Å². The first-order valence-electron chi connectivity index (χ1n) is 12.2. The lowest BCUT2D eigenvalue weighted by Gasteiger charge is -2.33. The molecule has 0 saturated heterocycles. The van der Waals surface area contributed by atoms with Crippen LogP contribution in [0.5, 0.6) is 11.5 Å². The van der Waals surface area contributed by atoms with Crippen molar-refractivity contribution < 1.29 is 27.5 Å². The van der Waals surface area contributed by atoms with Crippen LogP contribution in [-0.2, 0) is 26.2 Å². The maximum absolute atomic E-state index is 13.8. The third-order valence-corrected chi connectivity index (χ3v) is 8.28. The molecule has 0 unspecified atom stereocenters.